The van der Waals surface area contributed by atoms with E-state index in [4.69, 9.17) is 6.42 Å². The van der Waals surface area contributed by atoms with E-state index in [0.29, 0.717) is 32.7 Å². The highest BCUT2D eigenvalue weighted by Crippen LogP contribution is 2.22. The molecule has 5 nitrogen and oxygen atoms in total. The van der Waals surface area contributed by atoms with Gasteiger partial charge in [-0.15, -0.1) is 6.42 Å². The highest BCUT2D eigenvalue weighted by Gasteiger charge is 2.26. The van der Waals surface area contributed by atoms with E-state index in [1.54, 1.807) is 4.90 Å². The molecule has 1 aliphatic rings. The van der Waals surface area contributed by atoms with Crippen LogP contribution in [-0.2, 0) is 9.59 Å². The van der Waals surface area contributed by atoms with Crippen molar-refractivity contribution >= 4 is 11.8 Å². The van der Waals surface area contributed by atoms with Gasteiger partial charge in [-0.05, 0) is 6.07 Å². The standard InChI is InChI=1S/C18H21F2N3O2/c1-3-6-22-7-9-23(10-8-22)18(25)12-17(21-13(2)24)15-5-4-14(19)11-16(15)20/h1,4-5,11,17H,6-10,12H2,2H3,(H,21,24). The molecule has 1 aliphatic heterocycles. The van der Waals surface area contributed by atoms with Crippen molar-refractivity contribution in [1.82, 2.24) is 15.1 Å². The van der Waals surface area contributed by atoms with Gasteiger partial charge in [-0.25, -0.2) is 8.78 Å². The number of benzene rings is 1. The van der Waals surface area contributed by atoms with Crippen molar-refractivity contribution in [2.24, 2.45) is 0 Å². The molecule has 25 heavy (non-hydrogen) atoms. The Bertz CT molecular complexity index is 679. The van der Waals surface area contributed by atoms with Gasteiger partial charge >= 0.3 is 0 Å². The van der Waals surface area contributed by atoms with Crippen LogP contribution < -0.4 is 5.32 Å². The molecule has 1 heterocycles. The summed E-state index contributed by atoms with van der Waals surface area (Å²) in [5, 5.41) is 2.57. The van der Waals surface area contributed by atoms with Crippen LogP contribution in [0.5, 0.6) is 0 Å². The number of rotatable bonds is 5. The number of nitrogens with one attached hydrogen (secondary N) is 1. The molecular weight excluding hydrogens is 328 g/mol. The van der Waals surface area contributed by atoms with E-state index >= 15 is 0 Å². The summed E-state index contributed by atoms with van der Waals surface area (Å²) in [7, 11) is 0. The van der Waals surface area contributed by atoms with E-state index < -0.39 is 17.7 Å². The van der Waals surface area contributed by atoms with Crippen LogP contribution in [0, 0.1) is 24.0 Å². The number of carbonyl (C=O) groups excluding carboxylic acids is 2. The van der Waals surface area contributed by atoms with Crippen LogP contribution in [0.3, 0.4) is 0 Å². The summed E-state index contributed by atoms with van der Waals surface area (Å²) in [6.45, 7) is 4.23. The molecule has 0 spiro atoms. The predicted molar refractivity (Wildman–Crippen MR) is 89.4 cm³/mol. The average Bonchev–Trinajstić information content (AvgIpc) is 2.54. The molecule has 2 amide bonds. The van der Waals surface area contributed by atoms with Crippen molar-refractivity contribution in [2.45, 2.75) is 19.4 Å². The Morgan fingerprint density at radius 3 is 2.52 bits per heavy atom. The number of terminal acetylenes is 1. The normalized spacial score (nSPS) is 16.2. The second-order valence-electron chi connectivity index (χ2n) is 5.98. The summed E-state index contributed by atoms with van der Waals surface area (Å²) in [6.07, 6.45) is 5.19. The van der Waals surface area contributed by atoms with E-state index in [2.05, 4.69) is 16.1 Å². The van der Waals surface area contributed by atoms with Crippen LogP contribution in [-0.4, -0.2) is 54.3 Å². The van der Waals surface area contributed by atoms with Gasteiger partial charge in [0.2, 0.25) is 11.8 Å². The maximum absolute atomic E-state index is 14.0. The Morgan fingerprint density at radius 2 is 1.96 bits per heavy atom. The minimum atomic E-state index is -0.839. The first-order chi connectivity index (χ1) is 11.9. The molecule has 0 aliphatic carbocycles. The smallest absolute Gasteiger partial charge is 0.225 e. The number of amides is 2. The first kappa shape index (κ1) is 18.9. The lowest BCUT2D eigenvalue weighted by Crippen LogP contribution is -2.49. The number of hydrogen-bond donors (Lipinski definition) is 1. The zero-order chi connectivity index (χ0) is 18.4. The SMILES string of the molecule is C#CCN1CCN(C(=O)CC(NC(C)=O)c2ccc(F)cc2F)CC1. The fraction of sp³-hybridized carbons (Fsp3) is 0.444. The van der Waals surface area contributed by atoms with Crippen molar-refractivity contribution < 1.29 is 18.4 Å². The quantitative estimate of drug-likeness (QED) is 0.816. The highest BCUT2D eigenvalue weighted by atomic mass is 19.1. The van der Waals surface area contributed by atoms with E-state index in [1.807, 2.05) is 0 Å². The Labute approximate surface area is 146 Å². The summed E-state index contributed by atoms with van der Waals surface area (Å²) >= 11 is 0. The molecule has 7 heteroatoms. The van der Waals surface area contributed by atoms with Crippen LogP contribution in [0.25, 0.3) is 0 Å². The van der Waals surface area contributed by atoms with Crippen molar-refractivity contribution in [2.75, 3.05) is 32.7 Å². The number of piperazine rings is 1. The van der Waals surface area contributed by atoms with Gasteiger partial charge in [-0.3, -0.25) is 14.5 Å². The van der Waals surface area contributed by atoms with Gasteiger partial charge in [0.05, 0.1) is 19.0 Å². The number of halogens is 2. The molecule has 1 aromatic rings. The molecule has 1 fully saturated rings. The maximum atomic E-state index is 14.0. The summed E-state index contributed by atoms with van der Waals surface area (Å²) in [5.74, 6) is 0.494. The first-order valence-corrected chi connectivity index (χ1v) is 8.06. The van der Waals surface area contributed by atoms with Crippen molar-refractivity contribution in [3.05, 3.63) is 35.4 Å². The van der Waals surface area contributed by atoms with Gasteiger partial charge < -0.3 is 10.2 Å². The Balaban J connectivity index is 2.06. The minimum absolute atomic E-state index is 0.0860. The lowest BCUT2D eigenvalue weighted by Gasteiger charge is -2.34. The molecule has 2 rings (SSSR count). The third-order valence-electron chi connectivity index (χ3n) is 4.13. The second kappa shape index (κ2) is 8.58. The van der Waals surface area contributed by atoms with E-state index in [1.165, 1.54) is 13.0 Å². The van der Waals surface area contributed by atoms with Crippen LogP contribution in [0.15, 0.2) is 18.2 Å². The van der Waals surface area contributed by atoms with Crippen LogP contribution in [0.1, 0.15) is 24.9 Å². The Morgan fingerprint density at radius 1 is 1.28 bits per heavy atom. The lowest BCUT2D eigenvalue weighted by atomic mass is 10.0. The lowest BCUT2D eigenvalue weighted by molar-refractivity contribution is -0.133. The van der Waals surface area contributed by atoms with E-state index in [-0.39, 0.29) is 23.8 Å². The number of hydrogen-bond acceptors (Lipinski definition) is 3. The summed E-state index contributed by atoms with van der Waals surface area (Å²) in [4.78, 5) is 27.7. The van der Waals surface area contributed by atoms with Gasteiger partial charge in [0.1, 0.15) is 11.6 Å². The fourth-order valence-corrected chi connectivity index (χ4v) is 2.86. The third-order valence-corrected chi connectivity index (χ3v) is 4.13. The molecule has 1 saturated heterocycles. The van der Waals surface area contributed by atoms with Gasteiger partial charge in [0, 0.05) is 44.7 Å². The molecule has 134 valence electrons. The summed E-state index contributed by atoms with van der Waals surface area (Å²) in [6, 6.07) is 2.27. The molecule has 1 atom stereocenters. The summed E-state index contributed by atoms with van der Waals surface area (Å²) < 4.78 is 27.1. The zero-order valence-electron chi connectivity index (χ0n) is 14.1. The maximum Gasteiger partial charge on any atom is 0.225 e. The van der Waals surface area contributed by atoms with Crippen molar-refractivity contribution in [3.63, 3.8) is 0 Å². The Hall–Kier alpha value is -2.46. The monoisotopic (exact) mass is 349 g/mol. The summed E-state index contributed by atoms with van der Waals surface area (Å²) in [5.41, 5.74) is 0.0934. The molecule has 1 aromatic carbocycles. The Kier molecular flexibility index (Phi) is 6.48. The minimum Gasteiger partial charge on any atom is -0.349 e. The number of carbonyl (C=O) groups is 2. The average molecular weight is 349 g/mol. The van der Waals surface area contributed by atoms with Gasteiger partial charge in [0.25, 0.3) is 0 Å². The van der Waals surface area contributed by atoms with E-state index in [9.17, 15) is 18.4 Å². The molecule has 0 aromatic heterocycles. The largest absolute Gasteiger partial charge is 0.349 e. The molecule has 1 unspecified atom stereocenters. The fourth-order valence-electron chi connectivity index (χ4n) is 2.86. The molecular formula is C18H21F2N3O2. The molecule has 0 radical (unpaired) electrons. The molecule has 0 bridgehead atoms. The zero-order valence-corrected chi connectivity index (χ0v) is 14.1. The van der Waals surface area contributed by atoms with Gasteiger partial charge in [-0.2, -0.15) is 0 Å². The van der Waals surface area contributed by atoms with Crippen molar-refractivity contribution in [3.8, 4) is 12.3 Å². The number of nitrogens with zero attached hydrogens (tertiary/aromatic N) is 2. The highest BCUT2D eigenvalue weighted by molar-refractivity contribution is 5.79. The van der Waals surface area contributed by atoms with Crippen molar-refractivity contribution in [1.29, 1.82) is 0 Å². The van der Waals surface area contributed by atoms with Gasteiger partial charge in [0.15, 0.2) is 0 Å². The van der Waals surface area contributed by atoms with E-state index in [0.717, 1.165) is 12.1 Å². The van der Waals surface area contributed by atoms with Crippen LogP contribution in [0.4, 0.5) is 8.78 Å². The van der Waals surface area contributed by atoms with Gasteiger partial charge in [-0.1, -0.05) is 12.0 Å². The molecule has 0 saturated carbocycles. The molecule has 1 N–H and O–H groups in total. The predicted octanol–water partition coefficient (Wildman–Crippen LogP) is 1.31. The van der Waals surface area contributed by atoms with Crippen LogP contribution >= 0.6 is 0 Å². The third kappa shape index (κ3) is 5.26. The van der Waals surface area contributed by atoms with Crippen LogP contribution in [0.2, 0.25) is 0 Å². The topological polar surface area (TPSA) is 52.6 Å². The first-order valence-electron chi connectivity index (χ1n) is 8.06. The second-order valence-corrected chi connectivity index (χ2v) is 5.98.